The van der Waals surface area contributed by atoms with Crippen LogP contribution in [0.4, 0.5) is 5.69 Å². The van der Waals surface area contributed by atoms with Crippen molar-refractivity contribution in [3.05, 3.63) is 84.3 Å². The highest BCUT2D eigenvalue weighted by Gasteiger charge is 2.12. The second-order valence-corrected chi connectivity index (χ2v) is 5.79. The largest absolute Gasteiger partial charge is 0.321 e. The van der Waals surface area contributed by atoms with Crippen LogP contribution in [0.2, 0.25) is 0 Å². The van der Waals surface area contributed by atoms with E-state index in [1.165, 1.54) is 0 Å². The van der Waals surface area contributed by atoms with Gasteiger partial charge in [0.1, 0.15) is 0 Å². The molecule has 7 heteroatoms. The first kappa shape index (κ1) is 15.8. The van der Waals surface area contributed by atoms with Gasteiger partial charge in [-0.25, -0.2) is 4.68 Å². The fourth-order valence-corrected chi connectivity index (χ4v) is 2.63. The van der Waals surface area contributed by atoms with Crippen LogP contribution in [0.1, 0.15) is 16.1 Å². The molecule has 0 atom stereocenters. The van der Waals surface area contributed by atoms with Crippen LogP contribution in [0, 0.1) is 0 Å². The Morgan fingerprint density at radius 3 is 2.77 bits per heavy atom. The lowest BCUT2D eigenvalue weighted by molar-refractivity contribution is 0.102. The monoisotopic (exact) mass is 344 g/mol. The van der Waals surface area contributed by atoms with E-state index < -0.39 is 0 Å². The summed E-state index contributed by atoms with van der Waals surface area (Å²) in [5.41, 5.74) is 3.87. The first-order chi connectivity index (χ1) is 12.8. The van der Waals surface area contributed by atoms with Crippen LogP contribution in [-0.4, -0.2) is 31.1 Å². The van der Waals surface area contributed by atoms with Crippen LogP contribution >= 0.6 is 0 Å². The van der Waals surface area contributed by atoms with Crippen molar-refractivity contribution in [2.24, 2.45) is 0 Å². The number of rotatable bonds is 5. The van der Waals surface area contributed by atoms with Crippen molar-refractivity contribution in [2.45, 2.75) is 6.54 Å². The van der Waals surface area contributed by atoms with Crippen LogP contribution in [-0.2, 0) is 6.54 Å². The van der Waals surface area contributed by atoms with E-state index in [0.29, 0.717) is 12.2 Å². The topological polar surface area (TPSA) is 88.5 Å². The summed E-state index contributed by atoms with van der Waals surface area (Å²) in [7, 11) is 0. The molecule has 0 fully saturated rings. The molecule has 2 aromatic heterocycles. The number of aromatic nitrogens is 5. The van der Waals surface area contributed by atoms with Gasteiger partial charge in [0.15, 0.2) is 5.69 Å². The number of carbonyl (C=O) groups excluding carboxylic acids is 1. The van der Waals surface area contributed by atoms with E-state index in [9.17, 15) is 4.79 Å². The molecule has 7 nitrogen and oxygen atoms in total. The van der Waals surface area contributed by atoms with Gasteiger partial charge < -0.3 is 5.32 Å². The maximum absolute atomic E-state index is 12.4. The van der Waals surface area contributed by atoms with Crippen LogP contribution < -0.4 is 5.32 Å². The van der Waals surface area contributed by atoms with E-state index in [0.717, 1.165) is 16.8 Å². The number of carbonyl (C=O) groups is 1. The zero-order chi connectivity index (χ0) is 17.8. The molecular weight excluding hydrogens is 328 g/mol. The third kappa shape index (κ3) is 3.51. The number of amides is 1. The molecule has 0 aliphatic carbocycles. The van der Waals surface area contributed by atoms with Crippen molar-refractivity contribution in [1.29, 1.82) is 0 Å². The maximum atomic E-state index is 12.4. The second-order valence-electron chi connectivity index (χ2n) is 5.79. The molecule has 2 N–H and O–H groups in total. The average Bonchev–Trinajstić information content (AvgIpc) is 3.35. The van der Waals surface area contributed by atoms with E-state index in [4.69, 9.17) is 0 Å². The number of nitrogens with one attached hydrogen (secondary N) is 2. The maximum Gasteiger partial charge on any atom is 0.277 e. The minimum atomic E-state index is -0.300. The van der Waals surface area contributed by atoms with Gasteiger partial charge in [-0.2, -0.15) is 5.10 Å². The molecule has 4 rings (SSSR count). The second kappa shape index (κ2) is 7.02. The standard InChI is InChI=1S/C19H16N6O/c26-19(18-13-25(24-23-18)12-14-5-2-1-3-6-14)21-16-8-4-7-15(11-16)17-9-10-20-22-17/h1-11,13H,12H2,(H,20,22)(H,21,26). The first-order valence-electron chi connectivity index (χ1n) is 8.13. The molecule has 2 aromatic carbocycles. The molecule has 0 bridgehead atoms. The van der Waals surface area contributed by atoms with E-state index in [2.05, 4.69) is 25.8 Å². The molecule has 128 valence electrons. The lowest BCUT2D eigenvalue weighted by atomic mass is 10.1. The lowest BCUT2D eigenvalue weighted by Gasteiger charge is -2.05. The molecule has 0 aliphatic heterocycles. The van der Waals surface area contributed by atoms with Crippen LogP contribution in [0.25, 0.3) is 11.3 Å². The summed E-state index contributed by atoms with van der Waals surface area (Å²) >= 11 is 0. The van der Waals surface area contributed by atoms with Gasteiger partial charge in [0.05, 0.1) is 18.4 Å². The molecular formula is C19H16N6O. The summed E-state index contributed by atoms with van der Waals surface area (Å²) in [5, 5.41) is 17.7. The SMILES string of the molecule is O=C(Nc1cccc(-c2ccn[nH]2)c1)c1cn(Cc2ccccc2)nn1. The van der Waals surface area contributed by atoms with Crippen molar-refractivity contribution in [3.63, 3.8) is 0 Å². The Morgan fingerprint density at radius 2 is 1.96 bits per heavy atom. The predicted octanol–water partition coefficient (Wildman–Crippen LogP) is 2.97. The van der Waals surface area contributed by atoms with Crippen LogP contribution in [0.15, 0.2) is 73.1 Å². The van der Waals surface area contributed by atoms with Gasteiger partial charge in [0.25, 0.3) is 5.91 Å². The van der Waals surface area contributed by atoms with Crippen molar-refractivity contribution < 1.29 is 4.79 Å². The normalized spacial score (nSPS) is 10.6. The number of hydrogen-bond acceptors (Lipinski definition) is 4. The van der Waals surface area contributed by atoms with E-state index in [1.54, 1.807) is 17.1 Å². The highest BCUT2D eigenvalue weighted by Crippen LogP contribution is 2.20. The Bertz CT molecular complexity index is 1010. The highest BCUT2D eigenvalue weighted by atomic mass is 16.2. The van der Waals surface area contributed by atoms with Crippen molar-refractivity contribution >= 4 is 11.6 Å². The minimum Gasteiger partial charge on any atom is -0.321 e. The lowest BCUT2D eigenvalue weighted by Crippen LogP contribution is -2.12. The number of hydrogen-bond donors (Lipinski definition) is 2. The van der Waals surface area contributed by atoms with Gasteiger partial charge in [-0.05, 0) is 23.8 Å². The van der Waals surface area contributed by atoms with Crippen LogP contribution in [0.3, 0.4) is 0 Å². The Kier molecular flexibility index (Phi) is 4.26. The smallest absolute Gasteiger partial charge is 0.277 e. The summed E-state index contributed by atoms with van der Waals surface area (Å²) in [6, 6.07) is 19.3. The average molecular weight is 344 g/mol. The fourth-order valence-electron chi connectivity index (χ4n) is 2.63. The molecule has 0 saturated carbocycles. The van der Waals surface area contributed by atoms with Gasteiger partial charge in [0, 0.05) is 17.4 Å². The number of aromatic amines is 1. The van der Waals surface area contributed by atoms with Crippen molar-refractivity contribution in [3.8, 4) is 11.3 Å². The Hall–Kier alpha value is -3.74. The number of anilines is 1. The fraction of sp³-hybridized carbons (Fsp3) is 0.0526. The minimum absolute atomic E-state index is 0.271. The Balaban J connectivity index is 1.46. The number of H-pyrrole nitrogens is 1. The number of nitrogens with zero attached hydrogens (tertiary/aromatic N) is 4. The molecule has 1 amide bonds. The summed E-state index contributed by atoms with van der Waals surface area (Å²) in [4.78, 5) is 12.4. The predicted molar refractivity (Wildman–Crippen MR) is 97.5 cm³/mol. The molecule has 4 aromatic rings. The first-order valence-corrected chi connectivity index (χ1v) is 8.13. The number of benzene rings is 2. The third-order valence-electron chi connectivity index (χ3n) is 3.89. The van der Waals surface area contributed by atoms with E-state index in [1.807, 2.05) is 60.7 Å². The van der Waals surface area contributed by atoms with Gasteiger partial charge in [0.2, 0.25) is 0 Å². The van der Waals surface area contributed by atoms with Crippen molar-refractivity contribution in [1.82, 2.24) is 25.2 Å². The zero-order valence-electron chi connectivity index (χ0n) is 13.8. The molecule has 0 aliphatic rings. The van der Waals surface area contributed by atoms with Gasteiger partial charge in [-0.15, -0.1) is 5.10 Å². The highest BCUT2D eigenvalue weighted by molar-refractivity contribution is 6.02. The van der Waals surface area contributed by atoms with Gasteiger partial charge in [-0.1, -0.05) is 47.7 Å². The summed E-state index contributed by atoms with van der Waals surface area (Å²) in [6.07, 6.45) is 3.33. The quantitative estimate of drug-likeness (QED) is 0.582. The van der Waals surface area contributed by atoms with E-state index >= 15 is 0 Å². The zero-order valence-corrected chi connectivity index (χ0v) is 13.8. The molecule has 0 spiro atoms. The van der Waals surface area contributed by atoms with Gasteiger partial charge in [-0.3, -0.25) is 9.89 Å². The molecule has 0 saturated heterocycles. The molecule has 26 heavy (non-hydrogen) atoms. The molecule has 0 unspecified atom stereocenters. The molecule has 2 heterocycles. The van der Waals surface area contributed by atoms with Crippen LogP contribution in [0.5, 0.6) is 0 Å². The Morgan fingerprint density at radius 1 is 1.08 bits per heavy atom. The summed E-state index contributed by atoms with van der Waals surface area (Å²) in [5.74, 6) is -0.300. The summed E-state index contributed by atoms with van der Waals surface area (Å²) < 4.78 is 1.64. The van der Waals surface area contributed by atoms with Gasteiger partial charge >= 0.3 is 0 Å². The Labute approximate surface area is 149 Å². The summed E-state index contributed by atoms with van der Waals surface area (Å²) in [6.45, 7) is 0.566. The molecule has 0 radical (unpaired) electrons. The van der Waals surface area contributed by atoms with E-state index in [-0.39, 0.29) is 11.6 Å². The third-order valence-corrected chi connectivity index (χ3v) is 3.89. The van der Waals surface area contributed by atoms with Crippen molar-refractivity contribution in [2.75, 3.05) is 5.32 Å².